The molecule has 0 saturated carbocycles. The lowest BCUT2D eigenvalue weighted by Gasteiger charge is -2.31. The first-order valence-corrected chi connectivity index (χ1v) is 15.9. The molecule has 0 fully saturated rings. The van der Waals surface area contributed by atoms with E-state index in [1.54, 1.807) is 0 Å². The summed E-state index contributed by atoms with van der Waals surface area (Å²) >= 11 is 0. The van der Waals surface area contributed by atoms with Crippen LogP contribution < -0.4 is 10.2 Å². The largest absolute Gasteiger partial charge is 0.355 e. The summed E-state index contributed by atoms with van der Waals surface area (Å²) in [6.45, 7) is 5.25. The van der Waals surface area contributed by atoms with Gasteiger partial charge in [0.2, 0.25) is 0 Å². The van der Waals surface area contributed by atoms with Gasteiger partial charge in [-0.25, -0.2) is 0 Å². The molecular formula is C43H38N2. The van der Waals surface area contributed by atoms with Crippen LogP contribution in [0.4, 0.5) is 22.7 Å². The molecule has 7 rings (SSSR count). The minimum atomic E-state index is 0.826. The van der Waals surface area contributed by atoms with E-state index in [9.17, 15) is 0 Å². The van der Waals surface area contributed by atoms with Crippen molar-refractivity contribution in [3.8, 4) is 22.3 Å². The molecule has 2 aliphatic rings. The van der Waals surface area contributed by atoms with Gasteiger partial charge in [0, 0.05) is 29.2 Å². The van der Waals surface area contributed by atoms with E-state index in [1.165, 1.54) is 61.5 Å². The molecule has 0 atom stereocenters. The summed E-state index contributed by atoms with van der Waals surface area (Å²) in [5.41, 5.74) is 16.0. The smallest absolute Gasteiger partial charge is 0.0511 e. The molecule has 220 valence electrons. The number of nitrogens with one attached hydrogen (secondary N) is 1. The number of hydrogen-bond donors (Lipinski definition) is 1. The van der Waals surface area contributed by atoms with Gasteiger partial charge >= 0.3 is 0 Å². The van der Waals surface area contributed by atoms with Gasteiger partial charge in [0.25, 0.3) is 0 Å². The van der Waals surface area contributed by atoms with E-state index in [2.05, 4.69) is 176 Å². The van der Waals surface area contributed by atoms with E-state index in [-0.39, 0.29) is 0 Å². The van der Waals surface area contributed by atoms with Crippen LogP contribution in [0.25, 0.3) is 33.4 Å². The normalized spacial score (nSPS) is 16.8. The fraction of sp³-hybridized carbons (Fsp3) is 0.116. The van der Waals surface area contributed by atoms with Crippen molar-refractivity contribution in [3.63, 3.8) is 0 Å². The second-order valence-corrected chi connectivity index (χ2v) is 12.0. The van der Waals surface area contributed by atoms with Crippen molar-refractivity contribution in [2.45, 2.75) is 26.7 Å². The van der Waals surface area contributed by atoms with E-state index in [1.807, 2.05) is 0 Å². The molecule has 1 N–H and O–H groups in total. The van der Waals surface area contributed by atoms with Crippen LogP contribution in [-0.4, -0.2) is 6.54 Å². The number of hydrogen-bond acceptors (Lipinski definition) is 2. The molecule has 0 bridgehead atoms. The predicted octanol–water partition coefficient (Wildman–Crippen LogP) is 12.0. The van der Waals surface area contributed by atoms with Crippen molar-refractivity contribution in [3.05, 3.63) is 168 Å². The summed E-state index contributed by atoms with van der Waals surface area (Å²) < 4.78 is 0. The molecule has 2 heteroatoms. The van der Waals surface area contributed by atoms with E-state index >= 15 is 0 Å². The van der Waals surface area contributed by atoms with Gasteiger partial charge in [0.05, 0.1) is 5.69 Å². The van der Waals surface area contributed by atoms with Crippen LogP contribution >= 0.6 is 0 Å². The maximum absolute atomic E-state index is 3.75. The van der Waals surface area contributed by atoms with Gasteiger partial charge in [-0.05, 0) is 102 Å². The first-order valence-electron chi connectivity index (χ1n) is 15.9. The fourth-order valence-electron chi connectivity index (χ4n) is 6.34. The van der Waals surface area contributed by atoms with Gasteiger partial charge in [0.1, 0.15) is 0 Å². The minimum absolute atomic E-state index is 0.826. The minimum Gasteiger partial charge on any atom is -0.355 e. The van der Waals surface area contributed by atoms with Crippen LogP contribution in [0, 0.1) is 0 Å². The molecule has 0 radical (unpaired) electrons. The highest BCUT2D eigenvalue weighted by Gasteiger charge is 2.20. The third-order valence-electron chi connectivity index (χ3n) is 8.81. The second kappa shape index (κ2) is 12.7. The van der Waals surface area contributed by atoms with Gasteiger partial charge in [-0.3, -0.25) is 0 Å². The van der Waals surface area contributed by atoms with Crippen LogP contribution in [0.2, 0.25) is 0 Å². The monoisotopic (exact) mass is 582 g/mol. The predicted molar refractivity (Wildman–Crippen MR) is 194 cm³/mol. The molecule has 2 nitrogen and oxygen atoms in total. The molecule has 1 aliphatic carbocycles. The number of rotatable bonds is 6. The van der Waals surface area contributed by atoms with Crippen molar-refractivity contribution >= 4 is 33.9 Å². The molecule has 45 heavy (non-hydrogen) atoms. The number of fused-ring (bicyclic) bond motifs is 1. The Morgan fingerprint density at radius 1 is 0.578 bits per heavy atom. The van der Waals surface area contributed by atoms with Crippen molar-refractivity contribution in [2.75, 3.05) is 16.8 Å². The zero-order valence-electron chi connectivity index (χ0n) is 26.0. The van der Waals surface area contributed by atoms with E-state index in [0.717, 1.165) is 30.8 Å². The first kappa shape index (κ1) is 28.4. The summed E-state index contributed by atoms with van der Waals surface area (Å²) in [4.78, 5) is 2.43. The molecule has 0 saturated heterocycles. The Labute approximate surface area is 267 Å². The highest BCUT2D eigenvalue weighted by molar-refractivity contribution is 5.90. The third-order valence-corrected chi connectivity index (χ3v) is 8.81. The molecule has 5 aromatic rings. The Hall–Kier alpha value is -5.34. The van der Waals surface area contributed by atoms with Gasteiger partial charge in [-0.1, -0.05) is 121 Å². The fourth-order valence-corrected chi connectivity index (χ4v) is 6.34. The van der Waals surface area contributed by atoms with Crippen LogP contribution in [0.5, 0.6) is 0 Å². The van der Waals surface area contributed by atoms with Crippen molar-refractivity contribution in [1.29, 1.82) is 0 Å². The SMILES string of the molecule is C/C1=C/C=C(\C)c2c(Nc3ccc(-c4ccc(C5=CC=CCC5)cc4)cc3)cccc2N(c2ccc(-c3ccccc3)cc2)C1. The Morgan fingerprint density at radius 2 is 1.22 bits per heavy atom. The highest BCUT2D eigenvalue weighted by atomic mass is 15.1. The lowest BCUT2D eigenvalue weighted by atomic mass is 9.95. The standard InChI is InChI=1S/C43H38N2/c1-31-16-17-32(2)43-41(14-9-15-42(43)45(30-31)40-28-24-38(25-29-40)34-12-7-4-8-13-34)44-39-26-22-37(23-27-39)36-20-18-35(19-21-36)33-10-5-3-6-11-33/h3-5,7-10,12-29,44H,6,11,30H2,1-2H3/b31-16-,32-17+. The van der Waals surface area contributed by atoms with Crippen molar-refractivity contribution < 1.29 is 0 Å². The lowest BCUT2D eigenvalue weighted by molar-refractivity contribution is 1.03. The van der Waals surface area contributed by atoms with E-state index in [0.29, 0.717) is 0 Å². The number of nitrogens with zero attached hydrogens (tertiary/aromatic N) is 1. The van der Waals surface area contributed by atoms with Gasteiger partial charge in [0.15, 0.2) is 0 Å². The Kier molecular flexibility index (Phi) is 8.04. The summed E-state index contributed by atoms with van der Waals surface area (Å²) in [5.74, 6) is 0. The maximum Gasteiger partial charge on any atom is 0.0511 e. The van der Waals surface area contributed by atoms with Crippen LogP contribution in [-0.2, 0) is 0 Å². The summed E-state index contributed by atoms with van der Waals surface area (Å²) in [6.07, 6.45) is 13.4. The molecular weight excluding hydrogens is 544 g/mol. The quantitative estimate of drug-likeness (QED) is 0.214. The van der Waals surface area contributed by atoms with Crippen molar-refractivity contribution in [2.24, 2.45) is 0 Å². The zero-order valence-corrected chi connectivity index (χ0v) is 26.0. The summed E-state index contributed by atoms with van der Waals surface area (Å²) in [7, 11) is 0. The van der Waals surface area contributed by atoms with Gasteiger partial charge in [-0.2, -0.15) is 0 Å². The Balaban J connectivity index is 1.17. The Bertz CT molecular complexity index is 1920. The average Bonchev–Trinajstić information content (AvgIpc) is 3.10. The van der Waals surface area contributed by atoms with Gasteiger partial charge in [-0.15, -0.1) is 0 Å². The summed E-state index contributed by atoms with van der Waals surface area (Å²) in [5, 5.41) is 3.75. The van der Waals surface area contributed by atoms with Crippen LogP contribution in [0.1, 0.15) is 37.8 Å². The van der Waals surface area contributed by atoms with E-state index < -0.39 is 0 Å². The molecule has 0 unspecified atom stereocenters. The molecule has 1 heterocycles. The number of allylic oxidation sites excluding steroid dienone is 7. The second-order valence-electron chi connectivity index (χ2n) is 12.0. The number of anilines is 4. The topological polar surface area (TPSA) is 15.3 Å². The van der Waals surface area contributed by atoms with Crippen LogP contribution in [0.15, 0.2) is 157 Å². The Morgan fingerprint density at radius 3 is 1.91 bits per heavy atom. The highest BCUT2D eigenvalue weighted by Crippen LogP contribution is 2.40. The molecule has 1 aliphatic heterocycles. The maximum atomic E-state index is 3.75. The average molecular weight is 583 g/mol. The molecule has 0 aromatic heterocycles. The van der Waals surface area contributed by atoms with E-state index in [4.69, 9.17) is 0 Å². The molecule has 5 aromatic carbocycles. The van der Waals surface area contributed by atoms with Gasteiger partial charge < -0.3 is 10.2 Å². The third kappa shape index (κ3) is 6.18. The number of benzene rings is 5. The zero-order chi connectivity index (χ0) is 30.6. The summed E-state index contributed by atoms with van der Waals surface area (Å²) in [6, 6.07) is 43.9. The first-order chi connectivity index (χ1) is 22.1. The van der Waals surface area contributed by atoms with Crippen molar-refractivity contribution in [1.82, 2.24) is 0 Å². The lowest BCUT2D eigenvalue weighted by Crippen LogP contribution is -2.21. The molecule has 0 spiro atoms. The molecule has 0 amide bonds. The van der Waals surface area contributed by atoms with Crippen LogP contribution in [0.3, 0.4) is 0 Å².